The summed E-state index contributed by atoms with van der Waals surface area (Å²) in [5.74, 6) is -0.134. The second-order valence-electron chi connectivity index (χ2n) is 7.72. The molecule has 2 aromatic carbocycles. The number of anilines is 1. The maximum Gasteiger partial charge on any atom is 0.417 e. The van der Waals surface area contributed by atoms with Gasteiger partial charge in [-0.25, -0.2) is 13.4 Å². The highest BCUT2D eigenvalue weighted by Gasteiger charge is 2.34. The minimum absolute atomic E-state index is 0.0748. The predicted octanol–water partition coefficient (Wildman–Crippen LogP) is 6.02. The zero-order valence-corrected chi connectivity index (χ0v) is 20.6. The van der Waals surface area contributed by atoms with Gasteiger partial charge in [0.05, 0.1) is 21.5 Å². The van der Waals surface area contributed by atoms with Gasteiger partial charge in [-0.15, -0.1) is 0 Å². The highest BCUT2D eigenvalue weighted by Crippen LogP contribution is 2.37. The zero-order chi connectivity index (χ0) is 26.7. The molecule has 2 N–H and O–H groups in total. The van der Waals surface area contributed by atoms with Crippen LogP contribution in [-0.4, -0.2) is 19.3 Å². The molecule has 0 unspecified atom stereocenters. The van der Waals surface area contributed by atoms with Gasteiger partial charge in [0.1, 0.15) is 11.4 Å². The molecule has 0 aliphatic carbocycles. The summed E-state index contributed by atoms with van der Waals surface area (Å²) < 4.78 is 73.4. The number of carbonyl (C=O) groups excluding carboxylic acids is 1. The lowest BCUT2D eigenvalue weighted by Crippen LogP contribution is -2.24. The number of hydrogen-bond donors (Lipinski definition) is 2. The smallest absolute Gasteiger partial charge is 0.417 e. The number of benzene rings is 2. The van der Waals surface area contributed by atoms with Crippen molar-refractivity contribution >= 4 is 33.2 Å². The molecule has 0 aliphatic rings. The first-order chi connectivity index (χ1) is 16.8. The highest BCUT2D eigenvalue weighted by molar-refractivity contribution is 7.92. The molecular formula is C24H21ClF3N3O4S. The van der Waals surface area contributed by atoms with Gasteiger partial charge in [-0.3, -0.25) is 9.52 Å². The van der Waals surface area contributed by atoms with E-state index in [4.69, 9.17) is 16.3 Å². The van der Waals surface area contributed by atoms with Crippen LogP contribution in [-0.2, 0) is 21.0 Å². The molecule has 1 aromatic heterocycles. The lowest BCUT2D eigenvalue weighted by atomic mass is 10.1. The van der Waals surface area contributed by atoms with Gasteiger partial charge in [0.25, 0.3) is 10.0 Å². The van der Waals surface area contributed by atoms with E-state index in [1.165, 1.54) is 12.3 Å². The number of sulfonamides is 1. The van der Waals surface area contributed by atoms with Crippen molar-refractivity contribution < 1.29 is 31.1 Å². The van der Waals surface area contributed by atoms with Gasteiger partial charge in [-0.05, 0) is 67.4 Å². The molecule has 0 aliphatic heterocycles. The number of alkyl halides is 3. The van der Waals surface area contributed by atoms with E-state index in [2.05, 4.69) is 21.6 Å². The molecule has 1 heterocycles. The van der Waals surface area contributed by atoms with Gasteiger partial charge in [-0.2, -0.15) is 13.2 Å². The third-order valence-corrected chi connectivity index (χ3v) is 6.62. The van der Waals surface area contributed by atoms with Crippen molar-refractivity contribution in [1.29, 1.82) is 0 Å². The van der Waals surface area contributed by atoms with Crippen LogP contribution in [0.1, 0.15) is 29.7 Å². The molecule has 36 heavy (non-hydrogen) atoms. The number of aryl methyl sites for hydroxylation is 1. The number of hydrogen-bond acceptors (Lipinski definition) is 5. The number of aromatic nitrogens is 1. The van der Waals surface area contributed by atoms with Crippen molar-refractivity contribution in [1.82, 2.24) is 10.3 Å². The Morgan fingerprint density at radius 1 is 1.17 bits per heavy atom. The second-order valence-corrected chi connectivity index (χ2v) is 9.81. The number of halogens is 4. The Bertz CT molecular complexity index is 1390. The van der Waals surface area contributed by atoms with Crippen molar-refractivity contribution in [3.63, 3.8) is 0 Å². The molecule has 190 valence electrons. The fourth-order valence-corrected chi connectivity index (χ4v) is 4.39. The molecule has 7 nitrogen and oxygen atoms in total. The Morgan fingerprint density at radius 2 is 1.83 bits per heavy atom. The minimum Gasteiger partial charge on any atom is -0.437 e. The van der Waals surface area contributed by atoms with Crippen LogP contribution in [0.5, 0.6) is 11.6 Å². The van der Waals surface area contributed by atoms with E-state index in [-0.39, 0.29) is 23.5 Å². The van der Waals surface area contributed by atoms with Gasteiger partial charge in [0, 0.05) is 6.20 Å². The van der Waals surface area contributed by atoms with E-state index in [9.17, 15) is 26.4 Å². The fourth-order valence-electron chi connectivity index (χ4n) is 3.10. The largest absolute Gasteiger partial charge is 0.437 e. The van der Waals surface area contributed by atoms with Crippen LogP contribution in [0.15, 0.2) is 72.3 Å². The van der Waals surface area contributed by atoms with Crippen molar-refractivity contribution in [3.8, 4) is 11.6 Å². The Kier molecular flexibility index (Phi) is 7.95. The molecule has 0 spiro atoms. The number of amides is 1. The van der Waals surface area contributed by atoms with Crippen LogP contribution in [0.3, 0.4) is 0 Å². The molecule has 0 saturated heterocycles. The summed E-state index contributed by atoms with van der Waals surface area (Å²) in [7, 11) is -4.45. The first kappa shape index (κ1) is 27.0. The molecule has 0 radical (unpaired) electrons. The summed E-state index contributed by atoms with van der Waals surface area (Å²) in [6.07, 6.45) is -2.23. The topological polar surface area (TPSA) is 97.4 Å². The molecule has 12 heteroatoms. The first-order valence-corrected chi connectivity index (χ1v) is 12.2. The number of rotatable bonds is 8. The van der Waals surface area contributed by atoms with Crippen molar-refractivity contribution in [2.24, 2.45) is 0 Å². The van der Waals surface area contributed by atoms with E-state index in [1.807, 2.05) is 0 Å². The van der Waals surface area contributed by atoms with E-state index < -0.39 is 31.7 Å². The van der Waals surface area contributed by atoms with Gasteiger partial charge in [-0.1, -0.05) is 30.3 Å². The Balaban J connectivity index is 1.87. The average Bonchev–Trinajstić information content (AvgIpc) is 2.80. The third kappa shape index (κ3) is 6.55. The van der Waals surface area contributed by atoms with Crippen LogP contribution < -0.4 is 14.8 Å². The van der Waals surface area contributed by atoms with Gasteiger partial charge < -0.3 is 10.1 Å². The molecule has 1 atom stereocenters. The predicted molar refractivity (Wildman–Crippen MR) is 130 cm³/mol. The van der Waals surface area contributed by atoms with E-state index in [0.29, 0.717) is 17.4 Å². The van der Waals surface area contributed by atoms with Gasteiger partial charge >= 0.3 is 6.18 Å². The summed E-state index contributed by atoms with van der Waals surface area (Å²) in [6.45, 7) is 6.85. The van der Waals surface area contributed by atoms with Crippen LogP contribution in [0, 0.1) is 6.92 Å². The summed E-state index contributed by atoms with van der Waals surface area (Å²) in [5, 5.41) is 2.10. The number of nitrogens with zero attached hydrogens (tertiary/aromatic N) is 1. The monoisotopic (exact) mass is 539 g/mol. The molecule has 0 bridgehead atoms. The quantitative estimate of drug-likeness (QED) is 0.341. The standard InChI is InChI=1S/C24H21ClF3N3O4S/c1-4-22(32)30-15(3)16-5-7-17(8-6-16)35-23-21(11-14(2)13-29-23)31-36(33,34)18-9-10-20(25)19(12-18)24(26,27)28/h4-13,15,31H,1H2,2-3H3,(H,30,32)/t15-/m0/s1. The summed E-state index contributed by atoms with van der Waals surface area (Å²) in [4.78, 5) is 15.0. The number of pyridine rings is 1. The van der Waals surface area contributed by atoms with Gasteiger partial charge in [0.2, 0.25) is 11.8 Å². The summed E-state index contributed by atoms with van der Waals surface area (Å²) in [6, 6.07) is 10.0. The lowest BCUT2D eigenvalue weighted by molar-refractivity contribution is -0.137. The SMILES string of the molecule is C=CC(=O)N[C@@H](C)c1ccc(Oc2ncc(C)cc2NS(=O)(=O)c2ccc(Cl)c(C(F)(F)F)c2)cc1. The van der Waals surface area contributed by atoms with E-state index in [1.54, 1.807) is 38.1 Å². The highest BCUT2D eigenvalue weighted by atomic mass is 35.5. The van der Waals surface area contributed by atoms with Crippen LogP contribution in [0.2, 0.25) is 5.02 Å². The second kappa shape index (κ2) is 10.6. The number of carbonyl (C=O) groups is 1. The Labute approximate surface area is 211 Å². The maximum absolute atomic E-state index is 13.2. The maximum atomic E-state index is 13.2. The molecule has 1 amide bonds. The number of ether oxygens (including phenoxy) is 1. The molecule has 3 rings (SSSR count). The molecule has 3 aromatic rings. The van der Waals surface area contributed by atoms with E-state index in [0.717, 1.165) is 23.8 Å². The van der Waals surface area contributed by atoms with Gasteiger partial charge in [0.15, 0.2) is 0 Å². The molecule has 0 fully saturated rings. The van der Waals surface area contributed by atoms with Crippen LogP contribution >= 0.6 is 11.6 Å². The summed E-state index contributed by atoms with van der Waals surface area (Å²) in [5.41, 5.74) is 0.00602. The molecular weight excluding hydrogens is 519 g/mol. The zero-order valence-electron chi connectivity index (χ0n) is 19.1. The number of nitrogens with one attached hydrogen (secondary N) is 2. The first-order valence-electron chi connectivity index (χ1n) is 10.4. The van der Waals surface area contributed by atoms with Crippen molar-refractivity contribution in [3.05, 3.63) is 89.1 Å². The Morgan fingerprint density at radius 3 is 2.44 bits per heavy atom. The fraction of sp³-hybridized carbons (Fsp3) is 0.167. The molecule has 0 saturated carbocycles. The summed E-state index contributed by atoms with van der Waals surface area (Å²) >= 11 is 5.60. The Hall–Kier alpha value is -3.57. The normalized spacial score (nSPS) is 12.5. The average molecular weight is 540 g/mol. The van der Waals surface area contributed by atoms with Crippen molar-refractivity contribution in [2.75, 3.05) is 4.72 Å². The van der Waals surface area contributed by atoms with Crippen molar-refractivity contribution in [2.45, 2.75) is 31.0 Å². The lowest BCUT2D eigenvalue weighted by Gasteiger charge is -2.16. The third-order valence-electron chi connectivity index (χ3n) is 4.92. The van der Waals surface area contributed by atoms with Crippen LogP contribution in [0.25, 0.3) is 0 Å². The van der Waals surface area contributed by atoms with Crippen LogP contribution in [0.4, 0.5) is 18.9 Å². The minimum atomic E-state index is -4.83. The van der Waals surface area contributed by atoms with E-state index >= 15 is 0 Å².